The number of carboxylic acids is 2. The Morgan fingerprint density at radius 2 is 1.83 bits per heavy atom. The normalized spacial score (nSPS) is 39.8. The fourth-order valence-corrected chi connectivity index (χ4v) is 4.83. The highest BCUT2D eigenvalue weighted by Gasteiger charge is 2.65. The third-order valence-corrected chi connectivity index (χ3v) is 6.18. The van der Waals surface area contributed by atoms with E-state index in [0.717, 1.165) is 11.8 Å². The Bertz CT molecular complexity index is 362. The summed E-state index contributed by atoms with van der Waals surface area (Å²) in [5.74, 6) is -2.43. The van der Waals surface area contributed by atoms with Crippen molar-refractivity contribution in [2.24, 2.45) is 17.1 Å². The molecule has 0 radical (unpaired) electrons. The van der Waals surface area contributed by atoms with Crippen molar-refractivity contribution in [2.75, 3.05) is 0 Å². The smallest absolute Gasteiger partial charge is 0.320 e. The van der Waals surface area contributed by atoms with Crippen LogP contribution in [0.1, 0.15) is 40.0 Å². The van der Waals surface area contributed by atoms with Crippen LogP contribution in [0.3, 0.4) is 0 Å². The predicted octanol–water partition coefficient (Wildman–Crippen LogP) is 1.76. The molecule has 18 heavy (non-hydrogen) atoms. The Hall–Kier alpha value is -0.750. The molecule has 104 valence electrons. The van der Waals surface area contributed by atoms with E-state index in [9.17, 15) is 19.8 Å². The van der Waals surface area contributed by atoms with Crippen molar-refractivity contribution in [1.82, 2.24) is 0 Å². The lowest BCUT2D eigenvalue weighted by Crippen LogP contribution is -2.49. The Morgan fingerprint density at radius 1 is 1.28 bits per heavy atom. The lowest BCUT2D eigenvalue weighted by atomic mass is 9.67. The zero-order valence-corrected chi connectivity index (χ0v) is 11.8. The molecular weight excluding hydrogens is 254 g/mol. The summed E-state index contributed by atoms with van der Waals surface area (Å²) < 4.78 is -1.09. The van der Waals surface area contributed by atoms with Crippen LogP contribution in [0.2, 0.25) is 0 Å². The van der Waals surface area contributed by atoms with E-state index in [1.807, 2.05) is 6.92 Å². The number of carboxylic acid groups (broad SMARTS) is 2. The Kier molecular flexibility index (Phi) is 4.33. The van der Waals surface area contributed by atoms with E-state index in [4.69, 9.17) is 5.73 Å². The average molecular weight is 275 g/mol. The van der Waals surface area contributed by atoms with Crippen LogP contribution in [-0.4, -0.2) is 32.3 Å². The number of rotatable bonds is 5. The first kappa shape index (κ1) is 15.3. The number of thioether (sulfide) groups is 1. The van der Waals surface area contributed by atoms with Gasteiger partial charge in [-0.25, -0.2) is 0 Å². The lowest BCUT2D eigenvalue weighted by Gasteiger charge is -2.35. The summed E-state index contributed by atoms with van der Waals surface area (Å²) in [6.07, 6.45) is 1.46. The van der Waals surface area contributed by atoms with E-state index in [1.165, 1.54) is 0 Å². The third-order valence-electron chi connectivity index (χ3n) is 4.27. The minimum Gasteiger partial charge on any atom is -0.481 e. The van der Waals surface area contributed by atoms with Gasteiger partial charge >= 0.3 is 11.9 Å². The first-order valence-corrected chi connectivity index (χ1v) is 7.07. The molecule has 4 atom stereocenters. The molecule has 1 aliphatic rings. The molecule has 0 spiro atoms. The van der Waals surface area contributed by atoms with Gasteiger partial charge in [-0.1, -0.05) is 27.2 Å². The number of carbonyl (C=O) groups is 2. The molecule has 0 aromatic rings. The highest BCUT2D eigenvalue weighted by molar-refractivity contribution is 8.02. The number of hydrogen-bond donors (Lipinski definition) is 3. The first-order valence-electron chi connectivity index (χ1n) is 6.19. The van der Waals surface area contributed by atoms with E-state index in [0.29, 0.717) is 19.3 Å². The summed E-state index contributed by atoms with van der Waals surface area (Å²) in [5.41, 5.74) is 4.85. The van der Waals surface area contributed by atoms with Gasteiger partial charge in [-0.3, -0.25) is 9.59 Å². The molecule has 1 aliphatic heterocycles. The molecule has 4 unspecified atom stereocenters. The standard InChI is InChI=1S/C12H21NO4S/c1-4-6-11(9(14)15)7(3)12(5-2,10(16)17)18-8(11)13/h7-8H,4-6,13H2,1-3H3,(H,14,15)(H,16,17). The molecule has 1 fully saturated rings. The largest absolute Gasteiger partial charge is 0.481 e. The number of hydrogen-bond acceptors (Lipinski definition) is 4. The van der Waals surface area contributed by atoms with Crippen LogP contribution in [0, 0.1) is 11.3 Å². The molecule has 1 heterocycles. The van der Waals surface area contributed by atoms with Crippen molar-refractivity contribution in [3.8, 4) is 0 Å². The van der Waals surface area contributed by atoms with E-state index in [2.05, 4.69) is 0 Å². The summed E-state index contributed by atoms with van der Waals surface area (Å²) >= 11 is 1.10. The maximum Gasteiger partial charge on any atom is 0.320 e. The Balaban J connectivity index is 3.31. The van der Waals surface area contributed by atoms with Gasteiger partial charge in [0.1, 0.15) is 4.75 Å². The van der Waals surface area contributed by atoms with E-state index in [1.54, 1.807) is 13.8 Å². The van der Waals surface area contributed by atoms with Gasteiger partial charge in [0.05, 0.1) is 10.8 Å². The van der Waals surface area contributed by atoms with Crippen LogP contribution in [0.15, 0.2) is 0 Å². The van der Waals surface area contributed by atoms with Crippen molar-refractivity contribution in [3.05, 3.63) is 0 Å². The average Bonchev–Trinajstić information content (AvgIpc) is 2.52. The molecule has 0 aliphatic carbocycles. The molecule has 5 nitrogen and oxygen atoms in total. The molecular formula is C12H21NO4S. The summed E-state index contributed by atoms with van der Waals surface area (Å²) in [7, 11) is 0. The monoisotopic (exact) mass is 275 g/mol. The second-order valence-corrected chi connectivity index (χ2v) is 6.38. The van der Waals surface area contributed by atoms with Gasteiger partial charge in [0.15, 0.2) is 0 Å². The van der Waals surface area contributed by atoms with Gasteiger partial charge in [0.25, 0.3) is 0 Å². The topological polar surface area (TPSA) is 101 Å². The number of aliphatic carboxylic acids is 2. The summed E-state index contributed by atoms with van der Waals surface area (Å²) in [5, 5.41) is 18.3. The van der Waals surface area contributed by atoms with E-state index >= 15 is 0 Å². The zero-order chi connectivity index (χ0) is 14.1. The maximum atomic E-state index is 11.7. The van der Waals surface area contributed by atoms with Gasteiger partial charge in [-0.2, -0.15) is 0 Å². The molecule has 0 bridgehead atoms. The molecule has 1 saturated heterocycles. The molecule has 1 rings (SSSR count). The molecule has 0 aromatic heterocycles. The third kappa shape index (κ3) is 1.82. The minimum atomic E-state index is -1.15. The van der Waals surface area contributed by atoms with Gasteiger partial charge in [0, 0.05) is 0 Å². The molecule has 0 saturated carbocycles. The second-order valence-electron chi connectivity index (χ2n) is 4.90. The molecule has 0 amide bonds. The van der Waals surface area contributed by atoms with Crippen LogP contribution >= 0.6 is 11.8 Å². The molecule has 0 aromatic carbocycles. The fraction of sp³-hybridized carbons (Fsp3) is 0.833. The second kappa shape index (κ2) is 5.09. The van der Waals surface area contributed by atoms with Crippen molar-refractivity contribution in [3.63, 3.8) is 0 Å². The van der Waals surface area contributed by atoms with Crippen LogP contribution in [0.25, 0.3) is 0 Å². The van der Waals surface area contributed by atoms with Crippen LogP contribution < -0.4 is 5.73 Å². The quantitative estimate of drug-likeness (QED) is 0.707. The molecule has 6 heteroatoms. The Labute approximate surface area is 111 Å². The summed E-state index contributed by atoms with van der Waals surface area (Å²) in [4.78, 5) is 23.2. The van der Waals surface area contributed by atoms with Crippen LogP contribution in [-0.2, 0) is 9.59 Å². The van der Waals surface area contributed by atoms with Crippen molar-refractivity contribution >= 4 is 23.7 Å². The highest BCUT2D eigenvalue weighted by atomic mass is 32.2. The highest BCUT2D eigenvalue weighted by Crippen LogP contribution is 2.59. The lowest BCUT2D eigenvalue weighted by molar-refractivity contribution is -0.155. The SMILES string of the molecule is CCCC1(C(=O)O)C(N)SC(CC)(C(=O)O)C1C. The van der Waals surface area contributed by atoms with Gasteiger partial charge in [-0.15, -0.1) is 11.8 Å². The van der Waals surface area contributed by atoms with E-state index < -0.39 is 33.4 Å². The van der Waals surface area contributed by atoms with Gasteiger partial charge in [-0.05, 0) is 18.8 Å². The minimum absolute atomic E-state index is 0.376. The van der Waals surface area contributed by atoms with Crippen LogP contribution in [0.5, 0.6) is 0 Å². The number of nitrogens with two attached hydrogens (primary N) is 1. The summed E-state index contributed by atoms with van der Waals surface area (Å²) in [6.45, 7) is 5.37. The van der Waals surface area contributed by atoms with Crippen LogP contribution in [0.4, 0.5) is 0 Å². The summed E-state index contributed by atoms with van der Waals surface area (Å²) in [6, 6.07) is 0. The van der Waals surface area contributed by atoms with Crippen molar-refractivity contribution in [2.45, 2.75) is 50.2 Å². The van der Waals surface area contributed by atoms with Gasteiger partial charge < -0.3 is 15.9 Å². The van der Waals surface area contributed by atoms with Crippen molar-refractivity contribution in [1.29, 1.82) is 0 Å². The predicted molar refractivity (Wildman–Crippen MR) is 70.4 cm³/mol. The molecule has 4 N–H and O–H groups in total. The zero-order valence-electron chi connectivity index (χ0n) is 11.0. The fourth-order valence-electron chi connectivity index (χ4n) is 3.06. The first-order chi connectivity index (χ1) is 8.29. The Morgan fingerprint density at radius 3 is 2.11 bits per heavy atom. The van der Waals surface area contributed by atoms with Gasteiger partial charge in [0.2, 0.25) is 0 Å². The maximum absolute atomic E-state index is 11.7. The van der Waals surface area contributed by atoms with E-state index in [-0.39, 0.29) is 0 Å². The van der Waals surface area contributed by atoms with Crippen molar-refractivity contribution < 1.29 is 19.8 Å².